The fourth-order valence-corrected chi connectivity index (χ4v) is 4.78. The van der Waals surface area contributed by atoms with Crippen LogP contribution in [0, 0.1) is 5.92 Å². The highest BCUT2D eigenvalue weighted by molar-refractivity contribution is 5.84. The number of amides is 2. The van der Waals surface area contributed by atoms with E-state index in [4.69, 9.17) is 0 Å². The zero-order valence-electron chi connectivity index (χ0n) is 16.1. The molecule has 0 aromatic carbocycles. The van der Waals surface area contributed by atoms with Crippen molar-refractivity contribution in [3.63, 3.8) is 0 Å². The molecule has 0 N–H and O–H groups in total. The molecule has 0 bridgehead atoms. The van der Waals surface area contributed by atoms with Crippen LogP contribution in [0.2, 0.25) is 0 Å². The van der Waals surface area contributed by atoms with Crippen LogP contribution in [0.25, 0.3) is 0 Å². The van der Waals surface area contributed by atoms with Gasteiger partial charge in [-0.25, -0.2) is 0 Å². The van der Waals surface area contributed by atoms with Gasteiger partial charge in [0.1, 0.15) is 0 Å². The van der Waals surface area contributed by atoms with E-state index in [1.165, 1.54) is 18.4 Å². The molecular formula is C21H30N4O2. The molecule has 0 radical (unpaired) electrons. The molecule has 4 rings (SSSR count). The van der Waals surface area contributed by atoms with Crippen molar-refractivity contribution < 1.29 is 9.59 Å². The summed E-state index contributed by atoms with van der Waals surface area (Å²) in [6, 6.07) is 4.45. The lowest BCUT2D eigenvalue weighted by Gasteiger charge is -2.40. The molecule has 1 saturated carbocycles. The van der Waals surface area contributed by atoms with Crippen LogP contribution in [0.3, 0.4) is 0 Å². The smallest absolute Gasteiger partial charge is 0.227 e. The van der Waals surface area contributed by atoms with Gasteiger partial charge < -0.3 is 9.80 Å². The second-order valence-corrected chi connectivity index (χ2v) is 8.18. The fraction of sp³-hybridized carbons (Fsp3) is 0.667. The number of carbonyl (C=O) groups is 2. The van der Waals surface area contributed by atoms with Crippen LogP contribution in [0.4, 0.5) is 0 Å². The van der Waals surface area contributed by atoms with Crippen molar-refractivity contribution >= 4 is 11.8 Å². The Morgan fingerprint density at radius 2 is 1.89 bits per heavy atom. The van der Waals surface area contributed by atoms with Crippen LogP contribution in [0.1, 0.15) is 44.1 Å². The van der Waals surface area contributed by atoms with Crippen molar-refractivity contribution in [1.29, 1.82) is 0 Å². The van der Waals surface area contributed by atoms with Crippen molar-refractivity contribution in [2.75, 3.05) is 32.7 Å². The van der Waals surface area contributed by atoms with Gasteiger partial charge in [-0.2, -0.15) is 0 Å². The summed E-state index contributed by atoms with van der Waals surface area (Å²) < 4.78 is 0. The molecule has 1 aliphatic carbocycles. The Bertz CT molecular complexity index is 651. The second kappa shape index (κ2) is 8.38. The highest BCUT2D eigenvalue weighted by Crippen LogP contribution is 2.29. The number of piperazine rings is 1. The van der Waals surface area contributed by atoms with Gasteiger partial charge in [0.15, 0.2) is 0 Å². The van der Waals surface area contributed by atoms with Gasteiger partial charge in [-0.05, 0) is 30.9 Å². The average molecular weight is 370 g/mol. The van der Waals surface area contributed by atoms with E-state index >= 15 is 0 Å². The monoisotopic (exact) mass is 370 g/mol. The summed E-state index contributed by atoms with van der Waals surface area (Å²) in [7, 11) is 0. The molecule has 1 aromatic rings. The largest absolute Gasteiger partial charge is 0.340 e. The first-order chi connectivity index (χ1) is 13.2. The van der Waals surface area contributed by atoms with Crippen LogP contribution < -0.4 is 0 Å². The van der Waals surface area contributed by atoms with E-state index in [-0.39, 0.29) is 17.7 Å². The summed E-state index contributed by atoms with van der Waals surface area (Å²) >= 11 is 0. The topological polar surface area (TPSA) is 56.8 Å². The van der Waals surface area contributed by atoms with Crippen molar-refractivity contribution in [1.82, 2.24) is 19.7 Å². The van der Waals surface area contributed by atoms with Gasteiger partial charge in [-0.3, -0.25) is 19.5 Å². The summed E-state index contributed by atoms with van der Waals surface area (Å²) in [4.78, 5) is 36.0. The van der Waals surface area contributed by atoms with Crippen LogP contribution in [0.5, 0.6) is 0 Å². The molecule has 1 aromatic heterocycles. The number of hydrogen-bond acceptors (Lipinski definition) is 4. The minimum atomic E-state index is -0.00632. The maximum Gasteiger partial charge on any atom is 0.227 e. The van der Waals surface area contributed by atoms with Crippen LogP contribution >= 0.6 is 0 Å². The zero-order valence-corrected chi connectivity index (χ0v) is 16.1. The first-order valence-corrected chi connectivity index (χ1v) is 10.4. The van der Waals surface area contributed by atoms with Crippen molar-refractivity contribution in [2.24, 2.45) is 5.92 Å². The normalized spacial score (nSPS) is 25.2. The minimum absolute atomic E-state index is 0.00632. The van der Waals surface area contributed by atoms with Crippen LogP contribution in [0.15, 0.2) is 24.5 Å². The molecule has 1 atom stereocenters. The average Bonchev–Trinajstić information content (AvgIpc) is 3.24. The van der Waals surface area contributed by atoms with Crippen LogP contribution in [-0.2, 0) is 16.1 Å². The summed E-state index contributed by atoms with van der Waals surface area (Å²) in [5, 5.41) is 0. The van der Waals surface area contributed by atoms with Gasteiger partial charge in [0.05, 0.1) is 5.92 Å². The molecule has 6 nitrogen and oxygen atoms in total. The first-order valence-electron chi connectivity index (χ1n) is 10.4. The molecule has 3 aliphatic rings. The molecule has 1 unspecified atom stereocenters. The summed E-state index contributed by atoms with van der Waals surface area (Å²) in [6.45, 7) is 4.90. The van der Waals surface area contributed by atoms with Gasteiger partial charge in [-0.1, -0.05) is 18.9 Å². The Morgan fingerprint density at radius 3 is 2.59 bits per heavy atom. The lowest BCUT2D eigenvalue weighted by Crippen LogP contribution is -2.54. The van der Waals surface area contributed by atoms with E-state index in [0.717, 1.165) is 52.0 Å². The number of pyridine rings is 1. The molecule has 2 amide bonds. The van der Waals surface area contributed by atoms with E-state index in [0.29, 0.717) is 19.0 Å². The standard InChI is InChI=1S/C21H30N4O2/c26-20-8-7-18(16-25(20)19-5-1-2-6-19)21(27)24-12-10-23(11-13-24)15-17-4-3-9-22-14-17/h3-4,9,14,18-19H,1-2,5-8,10-13,15-16H2. The highest BCUT2D eigenvalue weighted by Gasteiger charge is 2.37. The van der Waals surface area contributed by atoms with Crippen molar-refractivity contribution in [3.8, 4) is 0 Å². The number of hydrogen-bond donors (Lipinski definition) is 0. The van der Waals surface area contributed by atoms with Crippen LogP contribution in [-0.4, -0.2) is 70.3 Å². The molecular weight excluding hydrogens is 340 g/mol. The SMILES string of the molecule is O=C(C1CCC(=O)N(C2CCCC2)C1)N1CCN(Cc2cccnc2)CC1. The summed E-state index contributed by atoms with van der Waals surface area (Å²) in [5.74, 6) is 0.506. The number of rotatable bonds is 4. The number of likely N-dealkylation sites (tertiary alicyclic amines) is 1. The maximum atomic E-state index is 13.0. The third-order valence-corrected chi connectivity index (χ3v) is 6.37. The lowest BCUT2D eigenvalue weighted by molar-refractivity contribution is -0.145. The van der Waals surface area contributed by atoms with Crippen molar-refractivity contribution in [3.05, 3.63) is 30.1 Å². The Balaban J connectivity index is 1.29. The van der Waals surface area contributed by atoms with Gasteiger partial charge >= 0.3 is 0 Å². The zero-order chi connectivity index (χ0) is 18.6. The second-order valence-electron chi connectivity index (χ2n) is 8.18. The molecule has 0 spiro atoms. The lowest BCUT2D eigenvalue weighted by atomic mass is 9.94. The van der Waals surface area contributed by atoms with E-state index < -0.39 is 0 Å². The Kier molecular flexibility index (Phi) is 5.72. The minimum Gasteiger partial charge on any atom is -0.340 e. The highest BCUT2D eigenvalue weighted by atomic mass is 16.2. The third-order valence-electron chi connectivity index (χ3n) is 6.37. The Labute approximate surface area is 161 Å². The van der Waals surface area contributed by atoms with E-state index in [1.807, 2.05) is 22.1 Å². The number of aromatic nitrogens is 1. The molecule has 2 aliphatic heterocycles. The molecule has 3 fully saturated rings. The predicted octanol–water partition coefficient (Wildman–Crippen LogP) is 1.91. The molecule has 3 heterocycles. The fourth-order valence-electron chi connectivity index (χ4n) is 4.78. The number of nitrogens with zero attached hydrogens (tertiary/aromatic N) is 4. The number of piperidine rings is 1. The third kappa shape index (κ3) is 4.32. The first kappa shape index (κ1) is 18.4. The van der Waals surface area contributed by atoms with Gasteiger partial charge in [0.2, 0.25) is 11.8 Å². The predicted molar refractivity (Wildman–Crippen MR) is 103 cm³/mol. The maximum absolute atomic E-state index is 13.0. The van der Waals surface area contributed by atoms with E-state index in [9.17, 15) is 9.59 Å². The van der Waals surface area contributed by atoms with Gasteiger partial charge in [0.25, 0.3) is 0 Å². The Hall–Kier alpha value is -1.95. The number of carbonyl (C=O) groups excluding carboxylic acids is 2. The van der Waals surface area contributed by atoms with E-state index in [2.05, 4.69) is 16.0 Å². The molecule has 6 heteroatoms. The molecule has 146 valence electrons. The summed E-state index contributed by atoms with van der Waals surface area (Å²) in [6.07, 6.45) is 9.61. The quantitative estimate of drug-likeness (QED) is 0.812. The Morgan fingerprint density at radius 1 is 1.11 bits per heavy atom. The molecule has 2 saturated heterocycles. The van der Waals surface area contributed by atoms with Gasteiger partial charge in [-0.15, -0.1) is 0 Å². The summed E-state index contributed by atoms with van der Waals surface area (Å²) in [5.41, 5.74) is 1.22. The van der Waals surface area contributed by atoms with Crippen molar-refractivity contribution in [2.45, 2.75) is 51.1 Å². The van der Waals surface area contributed by atoms with E-state index in [1.54, 1.807) is 6.20 Å². The molecule has 27 heavy (non-hydrogen) atoms. The van der Waals surface area contributed by atoms with Gasteiger partial charge in [0, 0.05) is 64.1 Å².